The predicted molar refractivity (Wildman–Crippen MR) is 58.4 cm³/mol. The highest BCUT2D eigenvalue weighted by atomic mass is 16.5. The second kappa shape index (κ2) is 5.51. The maximum atomic E-state index is 11.9. The lowest BCUT2D eigenvalue weighted by Crippen LogP contribution is -2.16. The number of hydrogen-bond acceptors (Lipinski definition) is 3. The fourth-order valence-corrected chi connectivity index (χ4v) is 1.39. The third kappa shape index (κ3) is 3.06. The molecule has 1 rings (SSSR count). The predicted octanol–water partition coefficient (Wildman–Crippen LogP) is 2.16. The highest BCUT2D eigenvalue weighted by Crippen LogP contribution is 2.16. The third-order valence-electron chi connectivity index (χ3n) is 2.22. The summed E-state index contributed by atoms with van der Waals surface area (Å²) in [5.41, 5.74) is 0.666. The Labute approximate surface area is 90.0 Å². The number of ketones is 1. The summed E-state index contributed by atoms with van der Waals surface area (Å²) >= 11 is 0. The summed E-state index contributed by atoms with van der Waals surface area (Å²) in [6.07, 6.45) is 0. The number of ether oxygens (including phenoxy) is 2. The van der Waals surface area contributed by atoms with E-state index in [2.05, 4.69) is 0 Å². The lowest BCUT2D eigenvalue weighted by atomic mass is 10.00. The Morgan fingerprint density at radius 1 is 1.40 bits per heavy atom. The van der Waals surface area contributed by atoms with Gasteiger partial charge in [-0.15, -0.1) is 0 Å². The third-order valence-corrected chi connectivity index (χ3v) is 2.22. The van der Waals surface area contributed by atoms with Gasteiger partial charge < -0.3 is 9.47 Å². The molecule has 0 aromatic heterocycles. The summed E-state index contributed by atoms with van der Waals surface area (Å²) in [5.74, 6) is 0.656. The van der Waals surface area contributed by atoms with Crippen molar-refractivity contribution in [1.29, 1.82) is 0 Å². The topological polar surface area (TPSA) is 35.5 Å². The molecule has 0 radical (unpaired) electrons. The van der Waals surface area contributed by atoms with Crippen LogP contribution in [0.1, 0.15) is 17.3 Å². The van der Waals surface area contributed by atoms with Crippen molar-refractivity contribution in [2.75, 3.05) is 20.8 Å². The van der Waals surface area contributed by atoms with E-state index in [1.807, 2.05) is 19.1 Å². The van der Waals surface area contributed by atoms with Crippen LogP contribution in [0.4, 0.5) is 0 Å². The Morgan fingerprint density at radius 2 is 2.13 bits per heavy atom. The van der Waals surface area contributed by atoms with Gasteiger partial charge in [0.1, 0.15) is 5.75 Å². The molecular formula is C12H16O3. The van der Waals surface area contributed by atoms with Crippen molar-refractivity contribution in [2.24, 2.45) is 5.92 Å². The fraction of sp³-hybridized carbons (Fsp3) is 0.417. The first kappa shape index (κ1) is 11.7. The van der Waals surface area contributed by atoms with Crippen molar-refractivity contribution in [3.05, 3.63) is 29.8 Å². The minimum absolute atomic E-state index is 0.0794. The molecule has 0 aliphatic rings. The molecule has 0 saturated carbocycles. The molecule has 1 aromatic carbocycles. The summed E-state index contributed by atoms with van der Waals surface area (Å²) in [6.45, 7) is 2.29. The van der Waals surface area contributed by atoms with Crippen molar-refractivity contribution < 1.29 is 14.3 Å². The molecular weight excluding hydrogens is 192 g/mol. The Balaban J connectivity index is 2.81. The number of carbonyl (C=O) groups excluding carboxylic acids is 1. The number of methoxy groups -OCH3 is 2. The van der Waals surface area contributed by atoms with Gasteiger partial charge >= 0.3 is 0 Å². The lowest BCUT2D eigenvalue weighted by Gasteiger charge is -2.09. The van der Waals surface area contributed by atoms with Crippen molar-refractivity contribution >= 4 is 5.78 Å². The van der Waals surface area contributed by atoms with Crippen LogP contribution in [0.15, 0.2) is 24.3 Å². The molecule has 3 heteroatoms. The van der Waals surface area contributed by atoms with E-state index in [1.54, 1.807) is 26.4 Å². The van der Waals surface area contributed by atoms with E-state index in [1.165, 1.54) is 0 Å². The molecule has 3 nitrogen and oxygen atoms in total. The average Bonchev–Trinajstić information content (AvgIpc) is 2.28. The highest BCUT2D eigenvalue weighted by Gasteiger charge is 2.15. The Hall–Kier alpha value is -1.35. The van der Waals surface area contributed by atoms with E-state index >= 15 is 0 Å². The summed E-state index contributed by atoms with van der Waals surface area (Å²) in [6, 6.07) is 7.16. The molecule has 0 fully saturated rings. The molecule has 0 amide bonds. The minimum Gasteiger partial charge on any atom is -0.497 e. The number of benzene rings is 1. The zero-order valence-corrected chi connectivity index (χ0v) is 9.32. The van der Waals surface area contributed by atoms with Crippen LogP contribution in [0.3, 0.4) is 0 Å². The van der Waals surface area contributed by atoms with E-state index < -0.39 is 0 Å². The summed E-state index contributed by atoms with van der Waals surface area (Å²) in [4.78, 5) is 11.9. The molecule has 0 aliphatic heterocycles. The van der Waals surface area contributed by atoms with Crippen LogP contribution in [-0.2, 0) is 4.74 Å². The minimum atomic E-state index is -0.123. The first-order valence-electron chi connectivity index (χ1n) is 4.86. The Bertz CT molecular complexity index is 333. The zero-order valence-electron chi connectivity index (χ0n) is 9.32. The summed E-state index contributed by atoms with van der Waals surface area (Å²) in [5, 5.41) is 0. The normalized spacial score (nSPS) is 12.2. The maximum absolute atomic E-state index is 11.9. The fourth-order valence-electron chi connectivity index (χ4n) is 1.39. The Kier molecular flexibility index (Phi) is 4.31. The van der Waals surface area contributed by atoms with Crippen LogP contribution in [0.5, 0.6) is 5.75 Å². The molecule has 1 aromatic rings. The first-order chi connectivity index (χ1) is 7.19. The van der Waals surface area contributed by atoms with Gasteiger partial charge in [0.2, 0.25) is 0 Å². The van der Waals surface area contributed by atoms with Gasteiger partial charge in [-0.05, 0) is 12.1 Å². The molecule has 1 unspecified atom stereocenters. The van der Waals surface area contributed by atoms with Crippen LogP contribution in [-0.4, -0.2) is 26.6 Å². The van der Waals surface area contributed by atoms with Crippen LogP contribution in [0.2, 0.25) is 0 Å². The van der Waals surface area contributed by atoms with Crippen molar-refractivity contribution in [1.82, 2.24) is 0 Å². The SMILES string of the molecule is COCC(C)C(=O)c1cccc(OC)c1. The maximum Gasteiger partial charge on any atom is 0.168 e. The molecule has 1 atom stereocenters. The van der Waals surface area contributed by atoms with E-state index in [-0.39, 0.29) is 11.7 Å². The molecule has 0 saturated heterocycles. The van der Waals surface area contributed by atoms with E-state index in [0.717, 1.165) is 0 Å². The average molecular weight is 208 g/mol. The van der Waals surface area contributed by atoms with Crippen molar-refractivity contribution in [2.45, 2.75) is 6.92 Å². The van der Waals surface area contributed by atoms with E-state index in [0.29, 0.717) is 17.9 Å². The number of hydrogen-bond donors (Lipinski definition) is 0. The molecule has 0 spiro atoms. The number of rotatable bonds is 5. The zero-order chi connectivity index (χ0) is 11.3. The van der Waals surface area contributed by atoms with Gasteiger partial charge in [-0.3, -0.25) is 4.79 Å². The van der Waals surface area contributed by atoms with Gasteiger partial charge in [0.05, 0.1) is 13.7 Å². The van der Waals surface area contributed by atoms with Gasteiger partial charge in [-0.25, -0.2) is 0 Å². The number of carbonyl (C=O) groups is 1. The molecule has 0 aliphatic carbocycles. The van der Waals surface area contributed by atoms with Crippen LogP contribution < -0.4 is 4.74 Å². The lowest BCUT2D eigenvalue weighted by molar-refractivity contribution is 0.0829. The molecule has 82 valence electrons. The van der Waals surface area contributed by atoms with Crippen molar-refractivity contribution in [3.8, 4) is 5.75 Å². The van der Waals surface area contributed by atoms with E-state index in [9.17, 15) is 4.79 Å². The highest BCUT2D eigenvalue weighted by molar-refractivity contribution is 5.98. The van der Waals surface area contributed by atoms with Crippen LogP contribution in [0, 0.1) is 5.92 Å². The van der Waals surface area contributed by atoms with Crippen molar-refractivity contribution in [3.63, 3.8) is 0 Å². The van der Waals surface area contributed by atoms with Crippen LogP contribution in [0.25, 0.3) is 0 Å². The second-order valence-electron chi connectivity index (χ2n) is 3.45. The van der Waals surface area contributed by atoms with Crippen LogP contribution >= 0.6 is 0 Å². The second-order valence-corrected chi connectivity index (χ2v) is 3.45. The molecule has 0 bridgehead atoms. The summed E-state index contributed by atoms with van der Waals surface area (Å²) in [7, 11) is 3.18. The monoisotopic (exact) mass is 208 g/mol. The molecule has 15 heavy (non-hydrogen) atoms. The van der Waals surface area contributed by atoms with E-state index in [4.69, 9.17) is 9.47 Å². The van der Waals surface area contributed by atoms with Gasteiger partial charge in [0, 0.05) is 18.6 Å². The molecule has 0 heterocycles. The first-order valence-corrected chi connectivity index (χ1v) is 4.86. The largest absolute Gasteiger partial charge is 0.497 e. The Morgan fingerprint density at radius 3 is 2.73 bits per heavy atom. The quantitative estimate of drug-likeness (QED) is 0.695. The standard InChI is InChI=1S/C12H16O3/c1-9(8-14-2)12(13)10-5-4-6-11(7-10)15-3/h4-7,9H,8H2,1-3H3. The smallest absolute Gasteiger partial charge is 0.168 e. The number of Topliss-reactive ketones (excluding diaryl/α,β-unsaturated/α-hetero) is 1. The van der Waals surface area contributed by atoms with Gasteiger partial charge in [0.15, 0.2) is 5.78 Å². The van der Waals surface area contributed by atoms with Gasteiger partial charge in [0.25, 0.3) is 0 Å². The van der Waals surface area contributed by atoms with Gasteiger partial charge in [-0.2, -0.15) is 0 Å². The van der Waals surface area contributed by atoms with Gasteiger partial charge in [-0.1, -0.05) is 19.1 Å². The molecule has 0 N–H and O–H groups in total. The summed E-state index contributed by atoms with van der Waals surface area (Å²) < 4.78 is 10.0.